The predicted octanol–water partition coefficient (Wildman–Crippen LogP) is -2.21. The third-order valence-electron chi connectivity index (χ3n) is 4.40. The summed E-state index contributed by atoms with van der Waals surface area (Å²) in [5, 5.41) is 52.2. The number of hydrogen-bond acceptors (Lipinski definition) is 9. The van der Waals surface area contributed by atoms with Gasteiger partial charge in [0.05, 0.1) is 18.8 Å². The number of nitrogens with one attached hydrogen (secondary N) is 1. The van der Waals surface area contributed by atoms with Crippen molar-refractivity contribution in [3.05, 3.63) is 35.9 Å². The van der Waals surface area contributed by atoms with Crippen LogP contribution in [0.25, 0.3) is 0 Å². The van der Waals surface area contributed by atoms with Crippen LogP contribution in [0.5, 0.6) is 0 Å². The Balaban J connectivity index is 2.17. The molecule has 1 aliphatic heterocycles. The zero-order valence-electron chi connectivity index (χ0n) is 15.3. The predicted molar refractivity (Wildman–Crippen MR) is 93.4 cm³/mol. The molecule has 10 heteroatoms. The second kappa shape index (κ2) is 9.41. The van der Waals surface area contributed by atoms with Crippen LogP contribution in [-0.4, -0.2) is 80.3 Å². The Labute approximate surface area is 161 Å². The fourth-order valence-corrected chi connectivity index (χ4v) is 2.97. The average molecular weight is 399 g/mol. The smallest absolute Gasteiger partial charge is 0.367 e. The van der Waals surface area contributed by atoms with E-state index in [1.54, 1.807) is 30.3 Å². The number of carbonyl (C=O) groups is 2. The van der Waals surface area contributed by atoms with Gasteiger partial charge in [0.1, 0.15) is 24.9 Å². The molecule has 6 atom stereocenters. The molecule has 10 nitrogen and oxygen atoms in total. The molecule has 1 saturated heterocycles. The van der Waals surface area contributed by atoms with E-state index >= 15 is 0 Å². The van der Waals surface area contributed by atoms with Crippen molar-refractivity contribution in [3.8, 4) is 0 Å². The minimum atomic E-state index is -2.62. The number of esters is 1. The van der Waals surface area contributed by atoms with Gasteiger partial charge in [0.25, 0.3) is 5.79 Å². The summed E-state index contributed by atoms with van der Waals surface area (Å²) in [6, 6.07) is 7.41. The Morgan fingerprint density at radius 1 is 1.32 bits per heavy atom. The van der Waals surface area contributed by atoms with Gasteiger partial charge >= 0.3 is 5.97 Å². The highest BCUT2D eigenvalue weighted by Gasteiger charge is 2.54. The molecule has 1 aliphatic rings. The Bertz CT molecular complexity index is 670. The molecule has 156 valence electrons. The average Bonchev–Trinajstić information content (AvgIpc) is 2.67. The second-order valence-electron chi connectivity index (χ2n) is 6.67. The molecule has 0 radical (unpaired) electrons. The summed E-state index contributed by atoms with van der Waals surface area (Å²) >= 11 is 0. The molecule has 1 aromatic carbocycles. The third-order valence-corrected chi connectivity index (χ3v) is 4.40. The minimum absolute atomic E-state index is 0.164. The second-order valence-corrected chi connectivity index (χ2v) is 6.67. The summed E-state index contributed by atoms with van der Waals surface area (Å²) in [5.74, 6) is -4.39. The van der Waals surface area contributed by atoms with Crippen molar-refractivity contribution in [2.75, 3.05) is 6.61 Å². The van der Waals surface area contributed by atoms with E-state index in [1.165, 1.54) is 0 Å². The molecule has 0 aliphatic carbocycles. The first-order valence-electron chi connectivity index (χ1n) is 8.71. The lowest BCUT2D eigenvalue weighted by Gasteiger charge is -2.45. The number of aliphatic hydroxyl groups excluding tert-OH is 4. The van der Waals surface area contributed by atoms with E-state index in [1.807, 2.05) is 0 Å². The first kappa shape index (κ1) is 22.2. The zero-order valence-corrected chi connectivity index (χ0v) is 15.3. The number of rotatable bonds is 7. The van der Waals surface area contributed by atoms with E-state index in [-0.39, 0.29) is 6.61 Å². The number of ether oxygens (including phenoxy) is 2. The lowest BCUT2D eigenvalue weighted by molar-refractivity contribution is -0.297. The highest BCUT2D eigenvalue weighted by atomic mass is 16.7. The molecule has 1 amide bonds. The van der Waals surface area contributed by atoms with Crippen molar-refractivity contribution in [2.45, 2.75) is 56.2 Å². The summed E-state index contributed by atoms with van der Waals surface area (Å²) in [4.78, 5) is 23.8. The summed E-state index contributed by atoms with van der Waals surface area (Å²) in [6.07, 6.45) is -7.24. The number of hydrogen-bond donors (Lipinski definition) is 6. The Morgan fingerprint density at radius 2 is 1.96 bits per heavy atom. The zero-order chi connectivity index (χ0) is 20.9. The van der Waals surface area contributed by atoms with E-state index in [0.717, 1.165) is 6.92 Å². The van der Waals surface area contributed by atoms with Gasteiger partial charge in [0, 0.05) is 13.3 Å². The first-order valence-corrected chi connectivity index (χ1v) is 8.71. The molecule has 0 aromatic heterocycles. The van der Waals surface area contributed by atoms with Gasteiger partial charge in [-0.05, 0) is 5.56 Å². The van der Waals surface area contributed by atoms with Crippen LogP contribution in [0.3, 0.4) is 0 Å². The van der Waals surface area contributed by atoms with E-state index < -0.39 is 61.1 Å². The SMILES string of the molecule is CC(=O)N[C@H]1[C@H]([C@H](O)[C@H](O)CO)O[C@@](O)(C(=O)OCc2ccccc2)C[C@@H]1O. The molecule has 6 N–H and O–H groups in total. The molecular weight excluding hydrogens is 374 g/mol. The third kappa shape index (κ3) is 5.25. The van der Waals surface area contributed by atoms with E-state index in [4.69, 9.17) is 14.6 Å². The van der Waals surface area contributed by atoms with E-state index in [9.17, 15) is 30.0 Å². The Kier molecular flexibility index (Phi) is 7.47. The van der Waals surface area contributed by atoms with Crippen LogP contribution >= 0.6 is 0 Å². The van der Waals surface area contributed by atoms with Gasteiger partial charge in [-0.3, -0.25) is 4.79 Å². The molecule has 1 heterocycles. The van der Waals surface area contributed by atoms with Crippen LogP contribution in [0.4, 0.5) is 0 Å². The summed E-state index contributed by atoms with van der Waals surface area (Å²) in [7, 11) is 0. The Hall–Kier alpha value is -2.08. The molecule has 28 heavy (non-hydrogen) atoms. The molecule has 0 spiro atoms. The quantitative estimate of drug-likeness (QED) is 0.279. The van der Waals surface area contributed by atoms with Crippen molar-refractivity contribution in [3.63, 3.8) is 0 Å². The largest absolute Gasteiger partial charge is 0.457 e. The minimum Gasteiger partial charge on any atom is -0.457 e. The highest BCUT2D eigenvalue weighted by Crippen LogP contribution is 2.31. The summed E-state index contributed by atoms with van der Waals surface area (Å²) in [5.41, 5.74) is 0.652. The van der Waals surface area contributed by atoms with Crippen LogP contribution in [0.2, 0.25) is 0 Å². The van der Waals surface area contributed by atoms with E-state index in [2.05, 4.69) is 5.32 Å². The van der Waals surface area contributed by atoms with Crippen LogP contribution < -0.4 is 5.32 Å². The van der Waals surface area contributed by atoms with Crippen molar-refractivity contribution in [2.24, 2.45) is 0 Å². The topological polar surface area (TPSA) is 166 Å². The molecule has 0 bridgehead atoms. The van der Waals surface area contributed by atoms with Crippen molar-refractivity contribution in [1.29, 1.82) is 0 Å². The van der Waals surface area contributed by atoms with Crippen LogP contribution in [0.1, 0.15) is 18.9 Å². The molecule has 2 rings (SSSR count). The van der Waals surface area contributed by atoms with Crippen LogP contribution in [0.15, 0.2) is 30.3 Å². The number of amides is 1. The van der Waals surface area contributed by atoms with Gasteiger partial charge in [0.2, 0.25) is 5.91 Å². The fourth-order valence-electron chi connectivity index (χ4n) is 2.97. The molecule has 1 fully saturated rings. The van der Waals surface area contributed by atoms with Crippen molar-refractivity contribution < 1.29 is 44.6 Å². The lowest BCUT2D eigenvalue weighted by atomic mass is 9.88. The fraction of sp³-hybridized carbons (Fsp3) is 0.556. The summed E-state index contributed by atoms with van der Waals surface area (Å²) < 4.78 is 10.3. The number of carbonyl (C=O) groups excluding carboxylic acids is 2. The van der Waals surface area contributed by atoms with Gasteiger partial charge in [-0.15, -0.1) is 0 Å². The number of benzene rings is 1. The van der Waals surface area contributed by atoms with Crippen molar-refractivity contribution >= 4 is 11.9 Å². The lowest BCUT2D eigenvalue weighted by Crippen LogP contribution is -2.67. The monoisotopic (exact) mass is 399 g/mol. The maximum Gasteiger partial charge on any atom is 0.367 e. The van der Waals surface area contributed by atoms with Gasteiger partial charge in [-0.1, -0.05) is 30.3 Å². The van der Waals surface area contributed by atoms with E-state index in [0.29, 0.717) is 5.56 Å². The van der Waals surface area contributed by atoms with Crippen molar-refractivity contribution in [1.82, 2.24) is 5.32 Å². The maximum absolute atomic E-state index is 12.4. The van der Waals surface area contributed by atoms with Gasteiger partial charge in [-0.25, -0.2) is 4.79 Å². The molecule has 0 saturated carbocycles. The highest BCUT2D eigenvalue weighted by molar-refractivity contribution is 5.78. The van der Waals surface area contributed by atoms with Crippen LogP contribution in [0, 0.1) is 0 Å². The maximum atomic E-state index is 12.4. The standard InChI is InChI=1S/C18H25NO9/c1-10(21)19-14-12(22)7-18(26,28-16(14)15(24)13(23)8-20)17(25)27-9-11-5-3-2-4-6-11/h2-6,12-16,20,22-24,26H,7-9H2,1H3,(H,19,21)/t12-,13+,14+,15+,16+,18+/m0/s1. The van der Waals surface area contributed by atoms with Gasteiger partial charge in [0.15, 0.2) is 0 Å². The molecule has 1 aromatic rings. The molecule has 0 unspecified atom stereocenters. The first-order chi connectivity index (χ1) is 13.2. The van der Waals surface area contributed by atoms with Crippen LogP contribution in [-0.2, 0) is 25.7 Å². The number of aliphatic hydroxyl groups is 5. The Morgan fingerprint density at radius 3 is 2.54 bits per heavy atom. The van der Waals surface area contributed by atoms with Gasteiger partial charge in [-0.2, -0.15) is 0 Å². The molecular formula is C18H25NO9. The summed E-state index contributed by atoms with van der Waals surface area (Å²) in [6.45, 7) is 0.150. The van der Waals surface area contributed by atoms with Gasteiger partial charge < -0.3 is 40.3 Å². The normalized spacial score (nSPS) is 29.6.